The van der Waals surface area contributed by atoms with Gasteiger partial charge in [0.1, 0.15) is 11.5 Å². The molecule has 1 atom stereocenters. The van der Waals surface area contributed by atoms with Gasteiger partial charge in [-0.2, -0.15) is 0 Å². The number of fused-ring (bicyclic) bond motifs is 2. The third-order valence-electron chi connectivity index (χ3n) is 5.98. The Morgan fingerprint density at radius 1 is 1.11 bits per heavy atom. The smallest absolute Gasteiger partial charge is 0.307 e. The second-order valence-corrected chi connectivity index (χ2v) is 11.2. The molecule has 9 nitrogen and oxygen atoms in total. The Balaban J connectivity index is 1.47. The zero-order chi connectivity index (χ0) is 25.6. The molecule has 0 radical (unpaired) electrons. The Morgan fingerprint density at radius 3 is 2.58 bits per heavy atom. The Hall–Kier alpha value is -3.83. The molecule has 186 valence electrons. The minimum atomic E-state index is -4.01. The number of carbonyl (C=O) groups is 1. The molecule has 0 spiro atoms. The Morgan fingerprint density at radius 2 is 1.86 bits per heavy atom. The Labute approximate surface area is 211 Å². The molecular weight excluding hydrogens is 502 g/mol. The highest BCUT2D eigenvalue weighted by Gasteiger charge is 2.37. The SMILES string of the molecule is COc1ccc(S(=O)(=O)N2C[C@@H](C(=O)Nc3ccc4c(c3)sc(=O)n4C)Oc3ccc(C)cc32)cc1. The van der Waals surface area contributed by atoms with E-state index in [-0.39, 0.29) is 16.3 Å². The first kappa shape index (κ1) is 23.9. The van der Waals surface area contributed by atoms with Crippen LogP contribution in [0.2, 0.25) is 0 Å². The molecule has 0 aliphatic carbocycles. The Bertz CT molecular complexity index is 1640. The van der Waals surface area contributed by atoms with Gasteiger partial charge in [-0.3, -0.25) is 13.9 Å². The number of anilines is 2. The zero-order valence-corrected chi connectivity index (χ0v) is 21.4. The monoisotopic (exact) mass is 525 g/mol. The first-order chi connectivity index (χ1) is 17.2. The highest BCUT2D eigenvalue weighted by Crippen LogP contribution is 2.38. The van der Waals surface area contributed by atoms with E-state index in [2.05, 4.69) is 5.32 Å². The lowest BCUT2D eigenvalue weighted by Gasteiger charge is -2.35. The Kier molecular flexibility index (Phi) is 5.97. The number of hydrogen-bond acceptors (Lipinski definition) is 7. The lowest BCUT2D eigenvalue weighted by Crippen LogP contribution is -2.48. The highest BCUT2D eigenvalue weighted by atomic mass is 32.2. The summed E-state index contributed by atoms with van der Waals surface area (Å²) < 4.78 is 41.8. The molecule has 1 aliphatic rings. The highest BCUT2D eigenvalue weighted by molar-refractivity contribution is 7.92. The van der Waals surface area contributed by atoms with Crippen LogP contribution in [-0.4, -0.2) is 38.7 Å². The number of aromatic nitrogens is 1. The van der Waals surface area contributed by atoms with Gasteiger partial charge in [-0.15, -0.1) is 0 Å². The second kappa shape index (κ2) is 8.99. The van der Waals surface area contributed by atoms with E-state index < -0.39 is 22.0 Å². The van der Waals surface area contributed by atoms with Gasteiger partial charge in [-0.05, 0) is 67.1 Å². The number of hydrogen-bond donors (Lipinski definition) is 1. The van der Waals surface area contributed by atoms with Gasteiger partial charge in [0.05, 0.1) is 34.5 Å². The lowest BCUT2D eigenvalue weighted by atomic mass is 10.1. The number of benzene rings is 3. The number of methoxy groups -OCH3 is 1. The molecule has 0 saturated carbocycles. The molecule has 3 aromatic carbocycles. The largest absolute Gasteiger partial charge is 0.497 e. The summed E-state index contributed by atoms with van der Waals surface area (Å²) in [5, 5.41) is 2.79. The van der Waals surface area contributed by atoms with E-state index >= 15 is 0 Å². The average Bonchev–Trinajstić information content (AvgIpc) is 3.15. The van der Waals surface area contributed by atoms with Crippen molar-refractivity contribution in [1.29, 1.82) is 0 Å². The molecule has 0 bridgehead atoms. The summed E-state index contributed by atoms with van der Waals surface area (Å²) in [5.41, 5.74) is 2.46. The van der Waals surface area contributed by atoms with E-state index in [4.69, 9.17) is 9.47 Å². The number of nitrogens with zero attached hydrogens (tertiary/aromatic N) is 2. The summed E-state index contributed by atoms with van der Waals surface area (Å²) in [6, 6.07) is 16.4. The number of ether oxygens (including phenoxy) is 2. The van der Waals surface area contributed by atoms with Crippen LogP contribution in [0.4, 0.5) is 11.4 Å². The molecule has 5 rings (SSSR count). The molecule has 11 heteroatoms. The summed E-state index contributed by atoms with van der Waals surface area (Å²) in [6.45, 7) is 1.64. The van der Waals surface area contributed by atoms with Crippen molar-refractivity contribution in [2.75, 3.05) is 23.3 Å². The zero-order valence-electron chi connectivity index (χ0n) is 19.7. The van der Waals surface area contributed by atoms with Crippen LogP contribution in [0, 0.1) is 6.92 Å². The minimum Gasteiger partial charge on any atom is -0.497 e. The van der Waals surface area contributed by atoms with Crippen molar-refractivity contribution in [1.82, 2.24) is 4.57 Å². The molecule has 36 heavy (non-hydrogen) atoms. The minimum absolute atomic E-state index is 0.0706. The molecule has 1 amide bonds. The molecule has 0 saturated heterocycles. The fourth-order valence-corrected chi connectivity index (χ4v) is 6.42. The van der Waals surface area contributed by atoms with Crippen LogP contribution in [-0.2, 0) is 21.9 Å². The van der Waals surface area contributed by atoms with Crippen molar-refractivity contribution in [3.05, 3.63) is 75.9 Å². The number of sulfonamides is 1. The molecule has 4 aromatic rings. The normalized spacial score (nSPS) is 15.3. The molecular formula is C25H23N3O6S2. The van der Waals surface area contributed by atoms with Crippen molar-refractivity contribution in [2.45, 2.75) is 17.9 Å². The quantitative estimate of drug-likeness (QED) is 0.427. The van der Waals surface area contributed by atoms with Crippen LogP contribution in [0.5, 0.6) is 11.5 Å². The molecule has 1 N–H and O–H groups in total. The summed E-state index contributed by atoms with van der Waals surface area (Å²) in [4.78, 5) is 25.1. The molecule has 1 aromatic heterocycles. The van der Waals surface area contributed by atoms with Gasteiger partial charge >= 0.3 is 4.87 Å². The number of aryl methyl sites for hydroxylation is 2. The predicted octanol–water partition coefficient (Wildman–Crippen LogP) is 3.51. The maximum absolute atomic E-state index is 13.6. The van der Waals surface area contributed by atoms with Crippen LogP contribution < -0.4 is 24.0 Å². The van der Waals surface area contributed by atoms with E-state index in [1.54, 1.807) is 55.6 Å². The van der Waals surface area contributed by atoms with Crippen LogP contribution in [0.3, 0.4) is 0 Å². The molecule has 2 heterocycles. The number of carbonyl (C=O) groups excluding carboxylic acids is 1. The number of thiazole rings is 1. The standard InChI is InChI=1S/C25H23N3O6S2/c1-15-4-11-21-20(12-15)28(36(31,32)18-8-6-17(33-3)7-9-18)14-22(34-21)24(29)26-16-5-10-19-23(13-16)35-25(30)27(19)2/h4-13,22H,14H2,1-3H3,(H,26,29)/t22-/m0/s1. The molecule has 0 fully saturated rings. The van der Waals surface area contributed by atoms with Crippen LogP contribution in [0.25, 0.3) is 10.2 Å². The van der Waals surface area contributed by atoms with E-state index in [1.165, 1.54) is 28.1 Å². The summed E-state index contributed by atoms with van der Waals surface area (Å²) in [6.07, 6.45) is -1.10. The van der Waals surface area contributed by atoms with Crippen LogP contribution in [0.15, 0.2) is 70.4 Å². The summed E-state index contributed by atoms with van der Waals surface area (Å²) in [7, 11) is -0.815. The fourth-order valence-electron chi connectivity index (χ4n) is 4.03. The van der Waals surface area contributed by atoms with Crippen molar-refractivity contribution in [2.24, 2.45) is 7.05 Å². The van der Waals surface area contributed by atoms with Gasteiger partial charge in [0.25, 0.3) is 15.9 Å². The molecule has 0 unspecified atom stereocenters. The summed E-state index contributed by atoms with van der Waals surface area (Å²) >= 11 is 1.08. The maximum Gasteiger partial charge on any atom is 0.307 e. The van der Waals surface area contributed by atoms with E-state index in [9.17, 15) is 18.0 Å². The topological polar surface area (TPSA) is 107 Å². The van der Waals surface area contributed by atoms with Crippen molar-refractivity contribution in [3.63, 3.8) is 0 Å². The van der Waals surface area contributed by atoms with E-state index in [0.29, 0.717) is 22.9 Å². The molecule has 1 aliphatic heterocycles. The van der Waals surface area contributed by atoms with Gasteiger partial charge in [-0.25, -0.2) is 8.42 Å². The van der Waals surface area contributed by atoms with Crippen molar-refractivity contribution in [3.8, 4) is 11.5 Å². The second-order valence-electron chi connectivity index (χ2n) is 8.39. The lowest BCUT2D eigenvalue weighted by molar-refractivity contribution is -0.122. The first-order valence-corrected chi connectivity index (χ1v) is 13.3. The van der Waals surface area contributed by atoms with Crippen LogP contribution >= 0.6 is 11.3 Å². The predicted molar refractivity (Wildman–Crippen MR) is 139 cm³/mol. The van der Waals surface area contributed by atoms with Gasteiger partial charge in [-0.1, -0.05) is 17.4 Å². The van der Waals surface area contributed by atoms with Gasteiger partial charge in [0, 0.05) is 12.7 Å². The van der Waals surface area contributed by atoms with Crippen molar-refractivity contribution >= 4 is 48.9 Å². The van der Waals surface area contributed by atoms with Gasteiger partial charge in [0.15, 0.2) is 6.10 Å². The number of rotatable bonds is 5. The van der Waals surface area contributed by atoms with Crippen LogP contribution in [0.1, 0.15) is 5.56 Å². The van der Waals surface area contributed by atoms with Gasteiger partial charge < -0.3 is 19.4 Å². The summed E-state index contributed by atoms with van der Waals surface area (Å²) in [5.74, 6) is 0.324. The fraction of sp³-hybridized carbons (Fsp3) is 0.200. The number of amides is 1. The maximum atomic E-state index is 13.6. The van der Waals surface area contributed by atoms with Gasteiger partial charge in [0.2, 0.25) is 0 Å². The van der Waals surface area contributed by atoms with E-state index in [0.717, 1.165) is 27.1 Å². The average molecular weight is 526 g/mol. The third-order valence-corrected chi connectivity index (χ3v) is 8.77. The van der Waals surface area contributed by atoms with Crippen molar-refractivity contribution < 1.29 is 22.7 Å². The first-order valence-electron chi connectivity index (χ1n) is 11.0. The van der Waals surface area contributed by atoms with E-state index in [1.807, 2.05) is 6.92 Å². The number of nitrogens with one attached hydrogen (secondary N) is 1. The third kappa shape index (κ3) is 4.20.